The van der Waals surface area contributed by atoms with E-state index in [4.69, 9.17) is 0 Å². The first-order valence-electron chi connectivity index (χ1n) is 13.8. The van der Waals surface area contributed by atoms with Crippen LogP contribution in [0.5, 0.6) is 0 Å². The largest absolute Gasteiger partial charge is 0.377 e. The Kier molecular flexibility index (Phi) is 9.79. The standard InChI is InChI=1S/C30H50N2O2Si2/c1-19(2)35(20(3)4,21(5)6)31-29(33)27-18-17-25-15-13-14-16-26(25)28(27)30(34)32-36(22(7)8,23(9)10)24(11)12/h13-24H,1-12H3,(H,31,33)(H,32,34). The maximum absolute atomic E-state index is 14.2. The molecule has 0 aliphatic heterocycles. The SMILES string of the molecule is CC(C)[Si](NC(=O)c1ccc2ccccc2c1C(=O)N[Si](C(C)C)(C(C)C)C(C)C)(C(C)C)C(C)C. The molecule has 2 N–H and O–H groups in total. The summed E-state index contributed by atoms with van der Waals surface area (Å²) in [6.07, 6.45) is 0. The number of rotatable bonds is 10. The van der Waals surface area contributed by atoms with Crippen LogP contribution in [0.4, 0.5) is 0 Å². The topological polar surface area (TPSA) is 58.2 Å². The number of carbonyl (C=O) groups excluding carboxylic acids is 2. The van der Waals surface area contributed by atoms with Crippen LogP contribution in [0.2, 0.25) is 33.2 Å². The maximum Gasteiger partial charge on any atom is 0.244 e. The number of hydrogen-bond acceptors (Lipinski definition) is 2. The van der Waals surface area contributed by atoms with E-state index in [-0.39, 0.29) is 11.8 Å². The van der Waals surface area contributed by atoms with Gasteiger partial charge >= 0.3 is 0 Å². The molecule has 2 rings (SSSR count). The molecule has 0 aliphatic carbocycles. The van der Waals surface area contributed by atoms with Gasteiger partial charge in [0.1, 0.15) is 0 Å². The van der Waals surface area contributed by atoms with Gasteiger partial charge in [-0.3, -0.25) is 9.59 Å². The van der Waals surface area contributed by atoms with Crippen LogP contribution in [0.25, 0.3) is 10.8 Å². The number of fused-ring (bicyclic) bond motifs is 1. The second-order valence-corrected chi connectivity index (χ2v) is 23.6. The van der Waals surface area contributed by atoms with Gasteiger partial charge in [0.2, 0.25) is 11.8 Å². The Labute approximate surface area is 222 Å². The van der Waals surface area contributed by atoms with Gasteiger partial charge in [-0.1, -0.05) is 113 Å². The summed E-state index contributed by atoms with van der Waals surface area (Å²) in [7, 11) is -4.46. The van der Waals surface area contributed by atoms with Crippen molar-refractivity contribution in [2.45, 2.75) is 116 Å². The zero-order valence-electron chi connectivity index (χ0n) is 24.7. The molecule has 0 aromatic heterocycles. The molecule has 0 atom stereocenters. The minimum absolute atomic E-state index is 0.106. The summed E-state index contributed by atoms with van der Waals surface area (Å²) in [6, 6.07) is 11.8. The van der Waals surface area contributed by atoms with Crippen LogP contribution in [0, 0.1) is 0 Å². The van der Waals surface area contributed by atoms with Crippen LogP contribution in [-0.2, 0) is 0 Å². The zero-order valence-corrected chi connectivity index (χ0v) is 26.7. The number of hydrogen-bond donors (Lipinski definition) is 2. The van der Waals surface area contributed by atoms with Gasteiger partial charge in [0.25, 0.3) is 0 Å². The average molecular weight is 527 g/mol. The minimum atomic E-state index is -2.24. The van der Waals surface area contributed by atoms with E-state index in [1.165, 1.54) is 0 Å². The highest BCUT2D eigenvalue weighted by atomic mass is 28.3. The van der Waals surface area contributed by atoms with Gasteiger partial charge in [-0.25, -0.2) is 0 Å². The monoisotopic (exact) mass is 526 g/mol. The van der Waals surface area contributed by atoms with E-state index in [9.17, 15) is 9.59 Å². The Morgan fingerprint density at radius 3 is 1.36 bits per heavy atom. The van der Waals surface area contributed by atoms with E-state index in [0.29, 0.717) is 44.4 Å². The number of benzene rings is 2. The van der Waals surface area contributed by atoms with Crippen LogP contribution in [-0.4, -0.2) is 28.3 Å². The molecule has 0 spiro atoms. The van der Waals surface area contributed by atoms with E-state index >= 15 is 0 Å². The van der Waals surface area contributed by atoms with E-state index in [1.807, 2.05) is 36.4 Å². The molecule has 36 heavy (non-hydrogen) atoms. The molecular formula is C30H50N2O2Si2. The van der Waals surface area contributed by atoms with Crippen molar-refractivity contribution in [2.75, 3.05) is 0 Å². The molecule has 200 valence electrons. The first-order chi connectivity index (χ1) is 16.6. The number of amides is 2. The smallest absolute Gasteiger partial charge is 0.244 e. The van der Waals surface area contributed by atoms with Gasteiger partial charge in [0, 0.05) is 0 Å². The van der Waals surface area contributed by atoms with Crippen molar-refractivity contribution in [2.24, 2.45) is 0 Å². The third-order valence-electron chi connectivity index (χ3n) is 8.79. The second kappa shape index (κ2) is 11.6. The molecule has 2 amide bonds. The summed E-state index contributed by atoms with van der Waals surface area (Å²) in [5.41, 5.74) is 3.25. The van der Waals surface area contributed by atoms with E-state index in [2.05, 4.69) is 93.0 Å². The van der Waals surface area contributed by atoms with Gasteiger partial charge in [0.15, 0.2) is 16.5 Å². The molecule has 0 saturated carbocycles. The Morgan fingerprint density at radius 1 is 0.556 bits per heavy atom. The molecule has 0 aliphatic rings. The van der Waals surface area contributed by atoms with Crippen molar-refractivity contribution in [3.05, 3.63) is 47.5 Å². The van der Waals surface area contributed by atoms with Crippen molar-refractivity contribution in [3.8, 4) is 0 Å². The second-order valence-electron chi connectivity index (χ2n) is 12.4. The van der Waals surface area contributed by atoms with Crippen molar-refractivity contribution >= 4 is 39.1 Å². The molecule has 0 heterocycles. The van der Waals surface area contributed by atoms with Gasteiger partial charge in [-0.15, -0.1) is 0 Å². The lowest BCUT2D eigenvalue weighted by molar-refractivity contribution is 0.0943. The summed E-state index contributed by atoms with van der Waals surface area (Å²) in [4.78, 5) is 35.5. The molecule has 4 nitrogen and oxygen atoms in total. The third kappa shape index (κ3) is 5.35. The quantitative estimate of drug-likeness (QED) is 0.304. The van der Waals surface area contributed by atoms with Crippen LogP contribution in [0.15, 0.2) is 36.4 Å². The lowest BCUT2D eigenvalue weighted by Gasteiger charge is -2.44. The summed E-state index contributed by atoms with van der Waals surface area (Å²) in [6.45, 7) is 26.8. The zero-order chi connectivity index (χ0) is 27.6. The van der Waals surface area contributed by atoms with Crippen molar-refractivity contribution in [3.63, 3.8) is 0 Å². The van der Waals surface area contributed by atoms with Crippen LogP contribution in [0.1, 0.15) is 104 Å². The molecule has 6 heteroatoms. The fraction of sp³-hybridized carbons (Fsp3) is 0.600. The summed E-state index contributed by atoms with van der Waals surface area (Å²) in [5.74, 6) is -0.217. The number of nitrogens with one attached hydrogen (secondary N) is 2. The van der Waals surface area contributed by atoms with Crippen LogP contribution >= 0.6 is 0 Å². The highest BCUT2D eigenvalue weighted by Crippen LogP contribution is 2.41. The van der Waals surface area contributed by atoms with E-state index in [1.54, 1.807) is 0 Å². The average Bonchev–Trinajstić information content (AvgIpc) is 2.78. The molecular weight excluding hydrogens is 477 g/mol. The molecule has 0 bridgehead atoms. The Balaban J connectivity index is 2.73. The van der Waals surface area contributed by atoms with Crippen molar-refractivity contribution < 1.29 is 9.59 Å². The van der Waals surface area contributed by atoms with Gasteiger partial charge < -0.3 is 9.96 Å². The summed E-state index contributed by atoms with van der Waals surface area (Å²) in [5, 5.41) is 1.82. The fourth-order valence-corrected chi connectivity index (χ4v) is 17.9. The first-order valence-corrected chi connectivity index (χ1v) is 18.3. The fourth-order valence-electron chi connectivity index (χ4n) is 7.09. The summed E-state index contributed by atoms with van der Waals surface area (Å²) >= 11 is 0. The number of carbonyl (C=O) groups is 2. The van der Waals surface area contributed by atoms with Crippen molar-refractivity contribution in [1.29, 1.82) is 0 Å². The van der Waals surface area contributed by atoms with E-state index in [0.717, 1.165) is 10.8 Å². The Morgan fingerprint density at radius 2 is 0.944 bits per heavy atom. The molecule has 2 aromatic rings. The van der Waals surface area contributed by atoms with Gasteiger partial charge in [-0.2, -0.15) is 0 Å². The normalized spacial score (nSPS) is 13.1. The summed E-state index contributed by atoms with van der Waals surface area (Å²) < 4.78 is 0. The first kappa shape index (κ1) is 30.3. The predicted molar refractivity (Wildman–Crippen MR) is 161 cm³/mol. The van der Waals surface area contributed by atoms with Crippen LogP contribution in [0.3, 0.4) is 0 Å². The minimum Gasteiger partial charge on any atom is -0.377 e. The lowest BCUT2D eigenvalue weighted by atomic mass is 9.98. The predicted octanol–water partition coefficient (Wildman–Crippen LogP) is 8.65. The van der Waals surface area contributed by atoms with E-state index < -0.39 is 16.5 Å². The molecule has 2 aromatic carbocycles. The van der Waals surface area contributed by atoms with Crippen LogP contribution < -0.4 is 9.96 Å². The molecule has 0 saturated heterocycles. The third-order valence-corrected chi connectivity index (χ3v) is 21.6. The highest BCUT2D eigenvalue weighted by Gasteiger charge is 2.47. The maximum atomic E-state index is 14.2. The lowest BCUT2D eigenvalue weighted by Crippen LogP contribution is -2.61. The van der Waals surface area contributed by atoms with Gasteiger partial charge in [-0.05, 0) is 50.1 Å². The molecule has 0 unspecified atom stereocenters. The molecule has 0 fully saturated rings. The highest BCUT2D eigenvalue weighted by molar-refractivity contribution is 6.84. The Hall–Kier alpha value is -1.93. The molecule has 0 radical (unpaired) electrons. The Bertz CT molecular complexity index is 1030. The van der Waals surface area contributed by atoms with Crippen molar-refractivity contribution in [1.82, 2.24) is 9.96 Å². The van der Waals surface area contributed by atoms with Gasteiger partial charge in [0.05, 0.1) is 11.1 Å².